The summed E-state index contributed by atoms with van der Waals surface area (Å²) in [5.74, 6) is -0.259. The molecule has 4 rings (SSSR count). The molecule has 1 aromatic carbocycles. The van der Waals surface area contributed by atoms with Gasteiger partial charge in [0.05, 0.1) is 22.6 Å². The zero-order valence-electron chi connectivity index (χ0n) is 14.3. The molecule has 0 aliphatic carbocycles. The average molecular weight is 391 g/mol. The lowest BCUT2D eigenvalue weighted by Crippen LogP contribution is -2.47. The normalized spacial score (nSPS) is 17.9. The largest absolute Gasteiger partial charge is 0.335 e. The van der Waals surface area contributed by atoms with Crippen LogP contribution in [0.1, 0.15) is 23.2 Å². The number of amides is 3. The van der Waals surface area contributed by atoms with Crippen LogP contribution in [0.5, 0.6) is 0 Å². The maximum Gasteiger partial charge on any atom is 0.326 e. The van der Waals surface area contributed by atoms with Crippen molar-refractivity contribution in [3.63, 3.8) is 0 Å². The Labute approximate surface area is 160 Å². The number of anilines is 3. The molecule has 0 radical (unpaired) electrons. The standard InChI is InChI=1S/C18H19ClN4O2S/c1-22-8-6-11(7-9-22)20-18(25)23-14-5-3-2-4-13(14)21-17(24)12-10-26-16(19)15(12)23/h2-5,10-11H,6-9H2,1H3,(H,20,25)(H,21,24). The van der Waals surface area contributed by atoms with Crippen LogP contribution in [-0.2, 0) is 0 Å². The molecule has 0 spiro atoms. The third kappa shape index (κ3) is 3.06. The number of nitrogens with zero attached hydrogens (tertiary/aromatic N) is 2. The Balaban J connectivity index is 1.72. The van der Waals surface area contributed by atoms with E-state index < -0.39 is 0 Å². The highest BCUT2D eigenvalue weighted by Gasteiger charge is 2.33. The van der Waals surface area contributed by atoms with Crippen LogP contribution in [0.3, 0.4) is 0 Å². The van der Waals surface area contributed by atoms with Crippen LogP contribution in [0.15, 0.2) is 29.6 Å². The van der Waals surface area contributed by atoms with Crippen LogP contribution in [0.2, 0.25) is 4.34 Å². The fourth-order valence-corrected chi connectivity index (χ4v) is 4.46. The minimum atomic E-state index is -0.259. The lowest BCUT2D eigenvalue weighted by molar-refractivity contribution is 0.102. The van der Waals surface area contributed by atoms with Gasteiger partial charge in [0.25, 0.3) is 5.91 Å². The van der Waals surface area contributed by atoms with Gasteiger partial charge in [-0.15, -0.1) is 11.3 Å². The summed E-state index contributed by atoms with van der Waals surface area (Å²) in [5.41, 5.74) is 2.07. The molecule has 6 nitrogen and oxygen atoms in total. The van der Waals surface area contributed by atoms with Crippen molar-refractivity contribution in [2.45, 2.75) is 18.9 Å². The summed E-state index contributed by atoms with van der Waals surface area (Å²) >= 11 is 7.62. The van der Waals surface area contributed by atoms with Gasteiger partial charge in [-0.1, -0.05) is 23.7 Å². The van der Waals surface area contributed by atoms with Crippen molar-refractivity contribution in [3.8, 4) is 0 Å². The molecule has 2 aromatic rings. The van der Waals surface area contributed by atoms with Crippen LogP contribution in [0, 0.1) is 0 Å². The van der Waals surface area contributed by atoms with Crippen LogP contribution >= 0.6 is 22.9 Å². The minimum Gasteiger partial charge on any atom is -0.335 e. The van der Waals surface area contributed by atoms with Gasteiger partial charge in [0, 0.05) is 11.4 Å². The Kier molecular flexibility index (Phi) is 4.60. The maximum absolute atomic E-state index is 13.2. The molecule has 2 N–H and O–H groups in total. The second kappa shape index (κ2) is 6.90. The van der Waals surface area contributed by atoms with Gasteiger partial charge >= 0.3 is 6.03 Å². The van der Waals surface area contributed by atoms with E-state index in [-0.39, 0.29) is 18.0 Å². The fourth-order valence-electron chi connectivity index (χ4n) is 3.39. The molecular formula is C18H19ClN4O2S. The summed E-state index contributed by atoms with van der Waals surface area (Å²) in [5, 5.41) is 7.67. The number of para-hydroxylation sites is 2. The highest BCUT2D eigenvalue weighted by molar-refractivity contribution is 7.15. The molecule has 3 amide bonds. The number of carbonyl (C=O) groups excluding carboxylic acids is 2. The lowest BCUT2D eigenvalue weighted by atomic mass is 10.1. The summed E-state index contributed by atoms with van der Waals surface area (Å²) < 4.78 is 0.422. The SMILES string of the molecule is CN1CCC(NC(=O)N2c3ccccc3NC(=O)c3csc(Cl)c32)CC1. The van der Waals surface area contributed by atoms with Crippen LogP contribution in [0.25, 0.3) is 0 Å². The number of carbonyl (C=O) groups is 2. The first-order valence-electron chi connectivity index (χ1n) is 8.51. The van der Waals surface area contributed by atoms with Crippen LogP contribution in [-0.4, -0.2) is 43.0 Å². The number of fused-ring (bicyclic) bond motifs is 2. The Morgan fingerprint density at radius 2 is 2.04 bits per heavy atom. The van der Waals surface area contributed by atoms with E-state index in [1.165, 1.54) is 16.2 Å². The number of halogens is 1. The lowest BCUT2D eigenvalue weighted by Gasteiger charge is -2.32. The molecule has 136 valence electrons. The van der Waals surface area contributed by atoms with Crippen molar-refractivity contribution in [2.75, 3.05) is 30.4 Å². The summed E-state index contributed by atoms with van der Waals surface area (Å²) in [6.07, 6.45) is 1.80. The van der Waals surface area contributed by atoms with E-state index in [4.69, 9.17) is 11.6 Å². The fraction of sp³-hybridized carbons (Fsp3) is 0.333. The third-order valence-corrected chi connectivity index (χ3v) is 6.03. The second-order valence-electron chi connectivity index (χ2n) is 6.61. The van der Waals surface area contributed by atoms with E-state index in [1.54, 1.807) is 11.4 Å². The van der Waals surface area contributed by atoms with Crippen molar-refractivity contribution >= 4 is 51.9 Å². The molecular weight excluding hydrogens is 372 g/mol. The Morgan fingerprint density at radius 1 is 1.31 bits per heavy atom. The Hall–Kier alpha value is -2.09. The number of benzene rings is 1. The van der Waals surface area contributed by atoms with Gasteiger partial charge in [0.1, 0.15) is 4.34 Å². The van der Waals surface area contributed by atoms with Crippen molar-refractivity contribution in [2.24, 2.45) is 0 Å². The van der Waals surface area contributed by atoms with E-state index in [0.29, 0.717) is 27.0 Å². The first-order valence-corrected chi connectivity index (χ1v) is 9.77. The van der Waals surface area contributed by atoms with E-state index in [9.17, 15) is 9.59 Å². The van der Waals surface area contributed by atoms with E-state index in [2.05, 4.69) is 22.6 Å². The predicted molar refractivity (Wildman–Crippen MR) is 105 cm³/mol. The van der Waals surface area contributed by atoms with Gasteiger partial charge in [-0.25, -0.2) is 4.79 Å². The maximum atomic E-state index is 13.2. The quantitative estimate of drug-likeness (QED) is 0.775. The number of rotatable bonds is 1. The van der Waals surface area contributed by atoms with Gasteiger partial charge < -0.3 is 15.5 Å². The first-order chi connectivity index (χ1) is 12.5. The first kappa shape index (κ1) is 17.3. The highest BCUT2D eigenvalue weighted by Crippen LogP contribution is 2.44. The monoisotopic (exact) mass is 390 g/mol. The molecule has 0 bridgehead atoms. The zero-order valence-corrected chi connectivity index (χ0v) is 15.9. The Morgan fingerprint density at radius 3 is 2.81 bits per heavy atom. The van der Waals surface area contributed by atoms with E-state index in [1.807, 2.05) is 18.2 Å². The average Bonchev–Trinajstić information content (AvgIpc) is 2.94. The molecule has 2 aliphatic rings. The number of hydrogen-bond acceptors (Lipinski definition) is 4. The predicted octanol–water partition coefficient (Wildman–Crippen LogP) is 3.91. The van der Waals surface area contributed by atoms with Crippen molar-refractivity contribution in [1.29, 1.82) is 0 Å². The number of urea groups is 1. The zero-order chi connectivity index (χ0) is 18.3. The van der Waals surface area contributed by atoms with Gasteiger partial charge in [-0.2, -0.15) is 0 Å². The third-order valence-electron chi connectivity index (χ3n) is 4.83. The van der Waals surface area contributed by atoms with Crippen LogP contribution in [0.4, 0.5) is 21.9 Å². The number of likely N-dealkylation sites (tertiary alicyclic amines) is 1. The van der Waals surface area contributed by atoms with E-state index in [0.717, 1.165) is 25.9 Å². The van der Waals surface area contributed by atoms with Gasteiger partial charge in [-0.05, 0) is 45.1 Å². The number of thiophene rings is 1. The molecule has 26 heavy (non-hydrogen) atoms. The highest BCUT2D eigenvalue weighted by atomic mass is 35.5. The topological polar surface area (TPSA) is 64.7 Å². The summed E-state index contributed by atoms with van der Waals surface area (Å²) in [4.78, 5) is 29.5. The smallest absolute Gasteiger partial charge is 0.326 e. The summed E-state index contributed by atoms with van der Waals surface area (Å²) in [6, 6.07) is 7.11. The number of hydrogen-bond donors (Lipinski definition) is 2. The summed E-state index contributed by atoms with van der Waals surface area (Å²) in [7, 11) is 2.08. The molecule has 1 fully saturated rings. The van der Waals surface area contributed by atoms with Gasteiger partial charge in [0.2, 0.25) is 0 Å². The van der Waals surface area contributed by atoms with E-state index >= 15 is 0 Å². The van der Waals surface area contributed by atoms with Gasteiger partial charge in [0.15, 0.2) is 0 Å². The van der Waals surface area contributed by atoms with Crippen LogP contribution < -0.4 is 15.5 Å². The second-order valence-corrected chi connectivity index (χ2v) is 8.09. The van der Waals surface area contributed by atoms with Gasteiger partial charge in [-0.3, -0.25) is 9.69 Å². The van der Waals surface area contributed by atoms with Crippen molar-refractivity contribution in [3.05, 3.63) is 39.5 Å². The Bertz CT molecular complexity index is 861. The molecule has 1 saturated heterocycles. The molecule has 0 unspecified atom stereocenters. The summed E-state index contributed by atoms with van der Waals surface area (Å²) in [6.45, 7) is 1.90. The molecule has 3 heterocycles. The number of piperidine rings is 1. The molecule has 8 heteroatoms. The molecule has 0 atom stereocenters. The molecule has 0 saturated carbocycles. The minimum absolute atomic E-state index is 0.110. The van der Waals surface area contributed by atoms with Crippen molar-refractivity contribution < 1.29 is 9.59 Å². The molecule has 1 aromatic heterocycles. The molecule has 2 aliphatic heterocycles. The number of nitrogens with one attached hydrogen (secondary N) is 2. The van der Waals surface area contributed by atoms with Crippen molar-refractivity contribution in [1.82, 2.24) is 10.2 Å².